The van der Waals surface area contributed by atoms with Crippen molar-refractivity contribution >= 4 is 28.1 Å². The maximum atomic E-state index is 5.87. The number of para-hydroxylation sites is 1. The minimum absolute atomic E-state index is 0.294. The quantitative estimate of drug-likeness (QED) is 0.708. The number of rotatable bonds is 4. The van der Waals surface area contributed by atoms with E-state index in [9.17, 15) is 0 Å². The summed E-state index contributed by atoms with van der Waals surface area (Å²) in [4.78, 5) is 12.1. The van der Waals surface area contributed by atoms with E-state index in [-0.39, 0.29) is 0 Å². The minimum atomic E-state index is 0.294. The summed E-state index contributed by atoms with van der Waals surface area (Å²) in [7, 11) is 0. The van der Waals surface area contributed by atoms with Crippen LogP contribution in [0.4, 0.5) is 5.82 Å². The van der Waals surface area contributed by atoms with Gasteiger partial charge in [0.05, 0.1) is 11.6 Å². The number of piperidine rings is 1. The first-order chi connectivity index (χ1) is 11.8. The number of benzene rings is 1. The summed E-state index contributed by atoms with van der Waals surface area (Å²) in [5, 5.41) is 5.29. The molecule has 2 aromatic heterocycles. The van der Waals surface area contributed by atoms with Crippen LogP contribution in [0.3, 0.4) is 0 Å². The fourth-order valence-corrected chi connectivity index (χ4v) is 3.96. The van der Waals surface area contributed by atoms with E-state index in [0.717, 1.165) is 60.6 Å². The Bertz CT molecular complexity index is 817. The van der Waals surface area contributed by atoms with Gasteiger partial charge in [-0.05, 0) is 43.3 Å². The van der Waals surface area contributed by atoms with Crippen molar-refractivity contribution in [1.82, 2.24) is 9.97 Å². The number of anilines is 1. The Morgan fingerprint density at radius 3 is 3.00 bits per heavy atom. The molecular weight excluding hydrogens is 318 g/mol. The minimum Gasteiger partial charge on any atom is -0.377 e. The highest BCUT2D eigenvalue weighted by Gasteiger charge is 2.23. The fourth-order valence-electron chi connectivity index (χ4n) is 3.32. The summed E-state index contributed by atoms with van der Waals surface area (Å²) in [5.41, 5.74) is 2.09. The second-order valence-corrected chi connectivity index (χ2v) is 6.85. The molecule has 5 heteroatoms. The molecule has 1 unspecified atom stereocenters. The topological polar surface area (TPSA) is 38.2 Å². The molecule has 1 aromatic carbocycles. The molecule has 1 atom stereocenters. The van der Waals surface area contributed by atoms with Crippen LogP contribution in [0.2, 0.25) is 0 Å². The second-order valence-electron chi connectivity index (χ2n) is 6.07. The molecule has 0 radical (unpaired) electrons. The van der Waals surface area contributed by atoms with Crippen LogP contribution in [-0.2, 0) is 4.74 Å². The number of nitrogens with zero attached hydrogens (tertiary/aromatic N) is 3. The number of fused-ring (bicyclic) bond motifs is 1. The van der Waals surface area contributed by atoms with E-state index >= 15 is 0 Å². The molecule has 1 aliphatic heterocycles. The molecule has 3 heterocycles. The summed E-state index contributed by atoms with van der Waals surface area (Å²) in [5.74, 6) is 1.84. The SMILES string of the molecule is CCOC1CCCN(c2nc(-c3ccsc3)nc3ccccc23)C1. The maximum Gasteiger partial charge on any atom is 0.162 e. The molecular formula is C19H21N3OS. The van der Waals surface area contributed by atoms with Crippen molar-refractivity contribution in [2.75, 3.05) is 24.6 Å². The Kier molecular flexibility index (Phi) is 4.45. The molecule has 0 spiro atoms. The first kappa shape index (κ1) is 15.5. The molecule has 0 saturated carbocycles. The summed E-state index contributed by atoms with van der Waals surface area (Å²) in [6.07, 6.45) is 2.56. The fraction of sp³-hybridized carbons (Fsp3) is 0.368. The van der Waals surface area contributed by atoms with Gasteiger partial charge in [0.2, 0.25) is 0 Å². The van der Waals surface area contributed by atoms with Crippen LogP contribution in [0, 0.1) is 0 Å². The van der Waals surface area contributed by atoms with Crippen LogP contribution in [0.15, 0.2) is 41.1 Å². The molecule has 4 rings (SSSR count). The van der Waals surface area contributed by atoms with Gasteiger partial charge in [-0.2, -0.15) is 11.3 Å². The van der Waals surface area contributed by atoms with Gasteiger partial charge in [0.25, 0.3) is 0 Å². The lowest BCUT2D eigenvalue weighted by Gasteiger charge is -2.34. The molecule has 3 aromatic rings. The van der Waals surface area contributed by atoms with Crippen molar-refractivity contribution in [2.24, 2.45) is 0 Å². The van der Waals surface area contributed by atoms with E-state index in [1.807, 2.05) is 6.07 Å². The first-order valence-electron chi connectivity index (χ1n) is 8.51. The van der Waals surface area contributed by atoms with E-state index in [0.29, 0.717) is 6.10 Å². The van der Waals surface area contributed by atoms with Crippen LogP contribution >= 0.6 is 11.3 Å². The first-order valence-corrected chi connectivity index (χ1v) is 9.45. The lowest BCUT2D eigenvalue weighted by atomic mass is 10.1. The van der Waals surface area contributed by atoms with Crippen LogP contribution in [0.25, 0.3) is 22.3 Å². The molecule has 0 N–H and O–H groups in total. The van der Waals surface area contributed by atoms with Gasteiger partial charge in [0.1, 0.15) is 5.82 Å². The zero-order chi connectivity index (χ0) is 16.4. The third-order valence-electron chi connectivity index (χ3n) is 4.44. The smallest absolute Gasteiger partial charge is 0.162 e. The predicted octanol–water partition coefficient (Wildman–Crippen LogP) is 4.36. The Hall–Kier alpha value is -1.98. The highest BCUT2D eigenvalue weighted by molar-refractivity contribution is 7.08. The maximum absolute atomic E-state index is 5.87. The average molecular weight is 339 g/mol. The molecule has 4 nitrogen and oxygen atoms in total. The lowest BCUT2D eigenvalue weighted by Crippen LogP contribution is -2.40. The van der Waals surface area contributed by atoms with E-state index in [2.05, 4.69) is 46.8 Å². The third kappa shape index (κ3) is 3.01. The van der Waals surface area contributed by atoms with Gasteiger partial charge >= 0.3 is 0 Å². The van der Waals surface area contributed by atoms with Crippen molar-refractivity contribution in [2.45, 2.75) is 25.9 Å². The van der Waals surface area contributed by atoms with Gasteiger partial charge in [-0.25, -0.2) is 9.97 Å². The van der Waals surface area contributed by atoms with Crippen molar-refractivity contribution in [3.05, 3.63) is 41.1 Å². The summed E-state index contributed by atoms with van der Waals surface area (Å²) >= 11 is 1.67. The van der Waals surface area contributed by atoms with Gasteiger partial charge in [-0.15, -0.1) is 0 Å². The molecule has 0 amide bonds. The van der Waals surface area contributed by atoms with E-state index in [1.54, 1.807) is 11.3 Å². The molecule has 0 aliphatic carbocycles. The average Bonchev–Trinajstić information content (AvgIpc) is 3.16. The molecule has 1 fully saturated rings. The zero-order valence-electron chi connectivity index (χ0n) is 13.8. The number of thiophene rings is 1. The lowest BCUT2D eigenvalue weighted by molar-refractivity contribution is 0.0526. The van der Waals surface area contributed by atoms with E-state index < -0.39 is 0 Å². The monoisotopic (exact) mass is 339 g/mol. The predicted molar refractivity (Wildman–Crippen MR) is 99.7 cm³/mol. The Labute approximate surface area is 146 Å². The van der Waals surface area contributed by atoms with Gasteiger partial charge in [-0.1, -0.05) is 12.1 Å². The van der Waals surface area contributed by atoms with Gasteiger partial charge in [-0.3, -0.25) is 0 Å². The molecule has 1 saturated heterocycles. The third-order valence-corrected chi connectivity index (χ3v) is 5.13. The van der Waals surface area contributed by atoms with Crippen molar-refractivity contribution in [3.63, 3.8) is 0 Å². The number of hydrogen-bond acceptors (Lipinski definition) is 5. The Morgan fingerprint density at radius 1 is 1.25 bits per heavy atom. The molecule has 0 bridgehead atoms. The van der Waals surface area contributed by atoms with Crippen molar-refractivity contribution < 1.29 is 4.74 Å². The van der Waals surface area contributed by atoms with Crippen LogP contribution < -0.4 is 4.90 Å². The van der Waals surface area contributed by atoms with E-state index in [1.165, 1.54) is 0 Å². The Balaban J connectivity index is 1.78. The molecule has 24 heavy (non-hydrogen) atoms. The van der Waals surface area contributed by atoms with Gasteiger partial charge < -0.3 is 9.64 Å². The van der Waals surface area contributed by atoms with Crippen molar-refractivity contribution in [3.8, 4) is 11.4 Å². The summed E-state index contributed by atoms with van der Waals surface area (Å²) < 4.78 is 5.87. The molecule has 1 aliphatic rings. The zero-order valence-corrected chi connectivity index (χ0v) is 14.6. The molecule has 124 valence electrons. The van der Waals surface area contributed by atoms with Crippen LogP contribution in [0.5, 0.6) is 0 Å². The van der Waals surface area contributed by atoms with Gasteiger partial charge in [0, 0.05) is 36.0 Å². The van der Waals surface area contributed by atoms with Gasteiger partial charge in [0.15, 0.2) is 5.82 Å². The van der Waals surface area contributed by atoms with E-state index in [4.69, 9.17) is 14.7 Å². The largest absolute Gasteiger partial charge is 0.377 e. The summed E-state index contributed by atoms with van der Waals surface area (Å²) in [6.45, 7) is 4.75. The number of hydrogen-bond donors (Lipinski definition) is 0. The standard InChI is InChI=1S/C19H21N3OS/c1-2-23-15-6-5-10-22(12-15)19-16-7-3-4-8-17(16)20-18(21-19)14-9-11-24-13-14/h3-4,7-9,11,13,15H,2,5-6,10,12H2,1H3. The highest BCUT2D eigenvalue weighted by atomic mass is 32.1. The van der Waals surface area contributed by atoms with Crippen molar-refractivity contribution in [1.29, 1.82) is 0 Å². The van der Waals surface area contributed by atoms with Crippen LogP contribution in [0.1, 0.15) is 19.8 Å². The Morgan fingerprint density at radius 2 is 2.17 bits per heavy atom. The normalized spacial score (nSPS) is 18.2. The van der Waals surface area contributed by atoms with Crippen LogP contribution in [-0.4, -0.2) is 35.8 Å². The number of ether oxygens (including phenoxy) is 1. The highest BCUT2D eigenvalue weighted by Crippen LogP contribution is 2.30. The number of aromatic nitrogens is 2. The summed E-state index contributed by atoms with van der Waals surface area (Å²) in [6, 6.07) is 10.4. The second kappa shape index (κ2) is 6.87.